The second-order valence-corrected chi connectivity index (χ2v) is 6.52. The van der Waals surface area contributed by atoms with Gasteiger partial charge in [-0.05, 0) is 19.1 Å². The topological polar surface area (TPSA) is 6.48 Å². The molecule has 0 fully saturated rings. The van der Waals surface area contributed by atoms with Gasteiger partial charge in [0.1, 0.15) is 0 Å². The molecule has 0 aromatic carbocycles. The molecule has 0 N–H and O–H groups in total. The molecule has 0 radical (unpaired) electrons. The SMILES string of the molecule is CCCCCCCCCCSCN1C=CN(CC)C1. The Morgan fingerprint density at radius 3 is 2.11 bits per heavy atom. The molecule has 3 heteroatoms. The Morgan fingerprint density at radius 2 is 1.47 bits per heavy atom. The summed E-state index contributed by atoms with van der Waals surface area (Å²) in [6.45, 7) is 6.70. The Bertz CT molecular complexity index is 231. The van der Waals surface area contributed by atoms with Crippen molar-refractivity contribution >= 4 is 11.8 Å². The highest BCUT2D eigenvalue weighted by Crippen LogP contribution is 2.14. The second kappa shape index (κ2) is 11.5. The first-order chi connectivity index (χ1) is 9.36. The van der Waals surface area contributed by atoms with Crippen molar-refractivity contribution in [3.8, 4) is 0 Å². The zero-order valence-electron chi connectivity index (χ0n) is 12.9. The summed E-state index contributed by atoms with van der Waals surface area (Å²) in [6.07, 6.45) is 15.8. The molecule has 1 heterocycles. The predicted octanol–water partition coefficient (Wildman–Crippen LogP) is 4.88. The zero-order valence-corrected chi connectivity index (χ0v) is 13.8. The number of thioether (sulfide) groups is 1. The summed E-state index contributed by atoms with van der Waals surface area (Å²) in [5.41, 5.74) is 0. The fourth-order valence-electron chi connectivity index (χ4n) is 2.33. The van der Waals surface area contributed by atoms with E-state index in [0.717, 1.165) is 19.1 Å². The Hall–Kier alpha value is -0.310. The maximum atomic E-state index is 2.40. The van der Waals surface area contributed by atoms with E-state index in [4.69, 9.17) is 0 Å². The van der Waals surface area contributed by atoms with Crippen LogP contribution >= 0.6 is 11.8 Å². The van der Waals surface area contributed by atoms with E-state index in [1.165, 1.54) is 57.1 Å². The van der Waals surface area contributed by atoms with Gasteiger partial charge in [0.2, 0.25) is 0 Å². The van der Waals surface area contributed by atoms with Crippen LogP contribution in [-0.2, 0) is 0 Å². The lowest BCUT2D eigenvalue weighted by molar-refractivity contribution is 0.301. The third kappa shape index (κ3) is 8.46. The highest BCUT2D eigenvalue weighted by Gasteiger charge is 2.09. The molecule has 112 valence electrons. The van der Waals surface area contributed by atoms with Crippen molar-refractivity contribution < 1.29 is 0 Å². The average molecular weight is 285 g/mol. The van der Waals surface area contributed by atoms with E-state index < -0.39 is 0 Å². The van der Waals surface area contributed by atoms with E-state index in [1.807, 2.05) is 0 Å². The van der Waals surface area contributed by atoms with Crippen molar-refractivity contribution in [3.05, 3.63) is 12.4 Å². The summed E-state index contributed by atoms with van der Waals surface area (Å²) in [5.74, 6) is 2.48. The van der Waals surface area contributed by atoms with Crippen molar-refractivity contribution in [2.24, 2.45) is 0 Å². The number of hydrogen-bond donors (Lipinski definition) is 0. The largest absolute Gasteiger partial charge is 0.359 e. The van der Waals surface area contributed by atoms with Gasteiger partial charge in [-0.2, -0.15) is 0 Å². The third-order valence-electron chi connectivity index (χ3n) is 3.66. The molecule has 0 saturated heterocycles. The highest BCUT2D eigenvalue weighted by atomic mass is 32.2. The van der Waals surface area contributed by atoms with Crippen molar-refractivity contribution in [1.82, 2.24) is 9.80 Å². The molecule has 0 amide bonds. The summed E-state index contributed by atoms with van der Waals surface area (Å²) in [6, 6.07) is 0. The maximum Gasteiger partial charge on any atom is 0.0901 e. The standard InChI is InChI=1S/C16H32N2S/c1-3-5-6-7-8-9-10-11-14-19-16-18-13-12-17(4-2)15-18/h12-13H,3-11,14-16H2,1-2H3. The molecule has 0 bridgehead atoms. The van der Waals surface area contributed by atoms with Crippen LogP contribution < -0.4 is 0 Å². The van der Waals surface area contributed by atoms with Crippen LogP contribution in [0.3, 0.4) is 0 Å². The van der Waals surface area contributed by atoms with Gasteiger partial charge in [-0.15, -0.1) is 11.8 Å². The Morgan fingerprint density at radius 1 is 0.842 bits per heavy atom. The van der Waals surface area contributed by atoms with Crippen molar-refractivity contribution in [2.45, 2.75) is 65.2 Å². The van der Waals surface area contributed by atoms with Crippen molar-refractivity contribution in [2.75, 3.05) is 24.8 Å². The molecule has 0 aromatic rings. The Kier molecular flexibility index (Phi) is 10.1. The monoisotopic (exact) mass is 284 g/mol. The molecule has 0 saturated carbocycles. The first-order valence-electron chi connectivity index (χ1n) is 8.11. The summed E-state index contributed by atoms with van der Waals surface area (Å²) < 4.78 is 0. The van der Waals surface area contributed by atoms with E-state index >= 15 is 0 Å². The average Bonchev–Trinajstić information content (AvgIpc) is 2.89. The van der Waals surface area contributed by atoms with Crippen LogP contribution in [-0.4, -0.2) is 34.6 Å². The molecular weight excluding hydrogens is 252 g/mol. The predicted molar refractivity (Wildman–Crippen MR) is 88.2 cm³/mol. The van der Waals surface area contributed by atoms with Gasteiger partial charge < -0.3 is 9.80 Å². The van der Waals surface area contributed by atoms with Gasteiger partial charge >= 0.3 is 0 Å². The molecule has 19 heavy (non-hydrogen) atoms. The van der Waals surface area contributed by atoms with Crippen LogP contribution in [0.15, 0.2) is 12.4 Å². The highest BCUT2D eigenvalue weighted by molar-refractivity contribution is 7.99. The lowest BCUT2D eigenvalue weighted by Gasteiger charge is -2.19. The second-order valence-electron chi connectivity index (χ2n) is 5.45. The van der Waals surface area contributed by atoms with Crippen LogP contribution in [0.2, 0.25) is 0 Å². The maximum absolute atomic E-state index is 2.40. The number of rotatable bonds is 12. The molecule has 2 nitrogen and oxygen atoms in total. The van der Waals surface area contributed by atoms with E-state index in [1.54, 1.807) is 0 Å². The van der Waals surface area contributed by atoms with Crippen molar-refractivity contribution in [1.29, 1.82) is 0 Å². The number of hydrogen-bond acceptors (Lipinski definition) is 3. The van der Waals surface area contributed by atoms with Gasteiger partial charge in [0.05, 0.1) is 12.5 Å². The lowest BCUT2D eigenvalue weighted by Crippen LogP contribution is -2.24. The third-order valence-corrected chi connectivity index (χ3v) is 4.75. The quantitative estimate of drug-likeness (QED) is 0.471. The number of unbranched alkanes of at least 4 members (excludes halogenated alkanes) is 7. The van der Waals surface area contributed by atoms with Gasteiger partial charge in [0.25, 0.3) is 0 Å². The molecule has 0 unspecified atom stereocenters. The van der Waals surface area contributed by atoms with E-state index in [2.05, 4.69) is 47.8 Å². The molecule has 0 aromatic heterocycles. The minimum atomic E-state index is 1.08. The van der Waals surface area contributed by atoms with Gasteiger partial charge in [0.15, 0.2) is 0 Å². The molecule has 1 rings (SSSR count). The van der Waals surface area contributed by atoms with E-state index in [0.29, 0.717) is 0 Å². The fourth-order valence-corrected chi connectivity index (χ4v) is 3.26. The molecule has 0 spiro atoms. The summed E-state index contributed by atoms with van der Waals surface area (Å²) in [4.78, 5) is 4.75. The summed E-state index contributed by atoms with van der Waals surface area (Å²) in [5, 5.41) is 0. The fraction of sp³-hybridized carbons (Fsp3) is 0.875. The summed E-state index contributed by atoms with van der Waals surface area (Å²) >= 11 is 2.08. The van der Waals surface area contributed by atoms with E-state index in [-0.39, 0.29) is 0 Å². The smallest absolute Gasteiger partial charge is 0.0901 e. The molecule has 1 aliphatic heterocycles. The molecule has 1 aliphatic rings. The van der Waals surface area contributed by atoms with Gasteiger partial charge in [0, 0.05) is 18.9 Å². The Labute approximate surface area is 124 Å². The van der Waals surface area contributed by atoms with E-state index in [9.17, 15) is 0 Å². The number of nitrogens with zero attached hydrogens (tertiary/aromatic N) is 2. The normalized spacial score (nSPS) is 14.6. The van der Waals surface area contributed by atoms with Crippen molar-refractivity contribution in [3.63, 3.8) is 0 Å². The van der Waals surface area contributed by atoms with Crippen LogP contribution in [0.1, 0.15) is 65.2 Å². The first kappa shape index (κ1) is 16.7. The molecular formula is C16H32N2S. The molecule has 0 atom stereocenters. The van der Waals surface area contributed by atoms with Crippen LogP contribution in [0.25, 0.3) is 0 Å². The molecule has 0 aliphatic carbocycles. The zero-order chi connectivity index (χ0) is 13.8. The first-order valence-corrected chi connectivity index (χ1v) is 9.26. The lowest BCUT2D eigenvalue weighted by atomic mass is 10.1. The van der Waals surface area contributed by atoms with Gasteiger partial charge in [-0.1, -0.05) is 51.9 Å². The van der Waals surface area contributed by atoms with Crippen LogP contribution in [0, 0.1) is 0 Å². The van der Waals surface area contributed by atoms with Gasteiger partial charge in [-0.3, -0.25) is 0 Å². The minimum absolute atomic E-state index is 1.08. The minimum Gasteiger partial charge on any atom is -0.359 e. The van der Waals surface area contributed by atoms with Crippen LogP contribution in [0.5, 0.6) is 0 Å². The Balaban J connectivity index is 1.78. The summed E-state index contributed by atoms with van der Waals surface area (Å²) in [7, 11) is 0. The van der Waals surface area contributed by atoms with Crippen LogP contribution in [0.4, 0.5) is 0 Å². The van der Waals surface area contributed by atoms with Gasteiger partial charge in [-0.25, -0.2) is 0 Å².